The van der Waals surface area contributed by atoms with E-state index in [4.69, 9.17) is 4.74 Å². The van der Waals surface area contributed by atoms with Crippen molar-refractivity contribution >= 4 is 0 Å². The summed E-state index contributed by atoms with van der Waals surface area (Å²) in [4.78, 5) is 0. The Bertz CT molecular complexity index is 329. The van der Waals surface area contributed by atoms with Gasteiger partial charge in [-0.1, -0.05) is 0 Å². The van der Waals surface area contributed by atoms with Gasteiger partial charge < -0.3 is 10.1 Å². The zero-order valence-corrected chi connectivity index (χ0v) is 11.1. The van der Waals surface area contributed by atoms with E-state index in [1.165, 1.54) is 32.1 Å². The minimum atomic E-state index is -0.899. The molecule has 3 heteroatoms. The third-order valence-electron chi connectivity index (χ3n) is 6.00. The summed E-state index contributed by atoms with van der Waals surface area (Å²) in [6.45, 7) is 0.791. The molecule has 1 N–H and O–H groups in total. The average molecular weight is 253 g/mol. The molecule has 1 saturated carbocycles. The van der Waals surface area contributed by atoms with Gasteiger partial charge in [-0.25, -0.2) is 4.39 Å². The predicted molar refractivity (Wildman–Crippen MR) is 68.3 cm³/mol. The summed E-state index contributed by atoms with van der Waals surface area (Å²) in [5, 5.41) is 3.56. The van der Waals surface area contributed by atoms with Crippen molar-refractivity contribution in [3.63, 3.8) is 0 Å². The standard InChI is InChI=1S/C15H24FNO/c16-15(9-12-2-3-13(10-15)17-12)11-4-7-18-14(8-11)5-1-6-14/h11-13,17H,1-10H2. The van der Waals surface area contributed by atoms with Crippen LogP contribution in [0.4, 0.5) is 4.39 Å². The molecule has 0 amide bonds. The third kappa shape index (κ3) is 1.74. The van der Waals surface area contributed by atoms with Gasteiger partial charge in [-0.15, -0.1) is 0 Å². The maximum Gasteiger partial charge on any atom is 0.117 e. The fraction of sp³-hybridized carbons (Fsp3) is 1.00. The molecule has 0 aromatic rings. The number of rotatable bonds is 1. The van der Waals surface area contributed by atoms with Crippen molar-refractivity contribution in [2.75, 3.05) is 6.61 Å². The van der Waals surface area contributed by atoms with E-state index in [-0.39, 0.29) is 11.5 Å². The molecular weight excluding hydrogens is 229 g/mol. The SMILES string of the molecule is FC1(C2CCOC3(CCC3)C2)CC2CCC(C1)N2. The van der Waals surface area contributed by atoms with Crippen LogP contribution in [0.25, 0.3) is 0 Å². The molecule has 2 bridgehead atoms. The number of ether oxygens (including phenoxy) is 1. The zero-order chi connectivity index (χ0) is 12.2. The van der Waals surface area contributed by atoms with E-state index in [1.54, 1.807) is 0 Å². The van der Waals surface area contributed by atoms with Gasteiger partial charge in [0.05, 0.1) is 5.60 Å². The van der Waals surface area contributed by atoms with Crippen LogP contribution in [0.2, 0.25) is 0 Å². The molecule has 4 aliphatic rings. The number of hydrogen-bond acceptors (Lipinski definition) is 2. The first-order chi connectivity index (χ1) is 8.68. The molecule has 1 spiro atoms. The number of fused-ring (bicyclic) bond motifs is 2. The van der Waals surface area contributed by atoms with Gasteiger partial charge in [0, 0.05) is 18.7 Å². The van der Waals surface area contributed by atoms with Crippen molar-refractivity contribution < 1.29 is 9.13 Å². The molecule has 2 nitrogen and oxygen atoms in total. The second kappa shape index (κ2) is 3.92. The normalized spacial score (nSPS) is 50.2. The zero-order valence-electron chi connectivity index (χ0n) is 11.1. The Labute approximate surface area is 109 Å². The Morgan fingerprint density at radius 2 is 1.72 bits per heavy atom. The van der Waals surface area contributed by atoms with Crippen LogP contribution in [-0.2, 0) is 4.74 Å². The summed E-state index contributed by atoms with van der Waals surface area (Å²) >= 11 is 0. The largest absolute Gasteiger partial charge is 0.375 e. The van der Waals surface area contributed by atoms with Crippen molar-refractivity contribution in [3.05, 3.63) is 0 Å². The van der Waals surface area contributed by atoms with Crippen molar-refractivity contribution in [3.8, 4) is 0 Å². The lowest BCUT2D eigenvalue weighted by molar-refractivity contribution is -0.167. The highest BCUT2D eigenvalue weighted by Crippen LogP contribution is 2.51. The van der Waals surface area contributed by atoms with E-state index < -0.39 is 5.67 Å². The summed E-state index contributed by atoms with van der Waals surface area (Å²) in [6, 6.07) is 0.905. The number of alkyl halides is 1. The van der Waals surface area contributed by atoms with Gasteiger partial charge in [0.15, 0.2) is 0 Å². The van der Waals surface area contributed by atoms with Crippen LogP contribution in [0.5, 0.6) is 0 Å². The molecule has 1 aliphatic carbocycles. The molecule has 0 radical (unpaired) electrons. The van der Waals surface area contributed by atoms with E-state index in [0.29, 0.717) is 12.1 Å². The molecule has 3 heterocycles. The van der Waals surface area contributed by atoms with E-state index in [1.807, 2.05) is 0 Å². The van der Waals surface area contributed by atoms with Crippen molar-refractivity contribution in [2.24, 2.45) is 5.92 Å². The first kappa shape index (κ1) is 11.7. The van der Waals surface area contributed by atoms with Crippen LogP contribution in [0.3, 0.4) is 0 Å². The third-order valence-corrected chi connectivity index (χ3v) is 6.00. The van der Waals surface area contributed by atoms with Gasteiger partial charge in [0.1, 0.15) is 5.67 Å². The average Bonchev–Trinajstić information content (AvgIpc) is 2.68. The number of halogens is 1. The minimum absolute atomic E-state index is 0.0892. The molecule has 4 fully saturated rings. The van der Waals surface area contributed by atoms with Gasteiger partial charge in [-0.05, 0) is 63.7 Å². The molecule has 3 saturated heterocycles. The number of nitrogens with one attached hydrogen (secondary N) is 1. The van der Waals surface area contributed by atoms with Crippen LogP contribution in [0, 0.1) is 5.92 Å². The monoisotopic (exact) mass is 253 g/mol. The molecule has 3 aliphatic heterocycles. The number of piperidine rings is 1. The summed E-state index contributed by atoms with van der Waals surface area (Å²) in [5.41, 5.74) is -0.810. The van der Waals surface area contributed by atoms with E-state index in [2.05, 4.69) is 5.32 Å². The summed E-state index contributed by atoms with van der Waals surface area (Å²) in [6.07, 6.45) is 9.43. The second-order valence-electron chi connectivity index (χ2n) is 7.16. The lowest BCUT2D eigenvalue weighted by atomic mass is 9.66. The van der Waals surface area contributed by atoms with Crippen LogP contribution in [0.15, 0.2) is 0 Å². The van der Waals surface area contributed by atoms with Gasteiger partial charge in [-0.3, -0.25) is 0 Å². The van der Waals surface area contributed by atoms with Gasteiger partial charge in [0.25, 0.3) is 0 Å². The highest BCUT2D eigenvalue weighted by atomic mass is 19.1. The van der Waals surface area contributed by atoms with Gasteiger partial charge in [0.2, 0.25) is 0 Å². The Morgan fingerprint density at radius 1 is 1.00 bits per heavy atom. The molecule has 3 atom stereocenters. The first-order valence-corrected chi connectivity index (χ1v) is 7.77. The molecule has 4 rings (SSSR count). The summed E-state index contributed by atoms with van der Waals surface area (Å²) < 4.78 is 21.4. The summed E-state index contributed by atoms with van der Waals surface area (Å²) in [5.74, 6) is 0.261. The minimum Gasteiger partial charge on any atom is -0.375 e. The molecular formula is C15H24FNO. The maximum absolute atomic E-state index is 15.4. The van der Waals surface area contributed by atoms with Crippen molar-refractivity contribution in [1.29, 1.82) is 0 Å². The highest BCUT2D eigenvalue weighted by Gasteiger charge is 2.53. The topological polar surface area (TPSA) is 21.3 Å². The van der Waals surface area contributed by atoms with Gasteiger partial charge in [-0.2, -0.15) is 0 Å². The fourth-order valence-electron chi connectivity index (χ4n) is 4.85. The van der Waals surface area contributed by atoms with Crippen LogP contribution < -0.4 is 5.32 Å². The Hall–Kier alpha value is -0.150. The first-order valence-electron chi connectivity index (χ1n) is 7.77. The lowest BCUT2D eigenvalue weighted by Gasteiger charge is -2.51. The van der Waals surface area contributed by atoms with E-state index in [9.17, 15) is 0 Å². The van der Waals surface area contributed by atoms with Crippen LogP contribution in [-0.4, -0.2) is 30.0 Å². The Balaban J connectivity index is 1.51. The predicted octanol–water partition coefficient (Wildman–Crippen LogP) is 2.96. The Kier molecular flexibility index (Phi) is 2.54. The number of hydrogen-bond donors (Lipinski definition) is 1. The van der Waals surface area contributed by atoms with Crippen molar-refractivity contribution in [1.82, 2.24) is 5.32 Å². The molecule has 0 aromatic heterocycles. The maximum atomic E-state index is 15.4. The van der Waals surface area contributed by atoms with Gasteiger partial charge >= 0.3 is 0 Å². The highest BCUT2D eigenvalue weighted by molar-refractivity contribution is 5.06. The van der Waals surface area contributed by atoms with Crippen LogP contribution >= 0.6 is 0 Å². The van der Waals surface area contributed by atoms with Crippen molar-refractivity contribution in [2.45, 2.75) is 81.1 Å². The van der Waals surface area contributed by atoms with Crippen LogP contribution in [0.1, 0.15) is 57.8 Å². The fourth-order valence-corrected chi connectivity index (χ4v) is 4.85. The Morgan fingerprint density at radius 3 is 2.33 bits per heavy atom. The van der Waals surface area contributed by atoms with E-state index in [0.717, 1.165) is 32.3 Å². The molecule has 3 unspecified atom stereocenters. The lowest BCUT2D eigenvalue weighted by Crippen LogP contribution is -2.55. The summed E-state index contributed by atoms with van der Waals surface area (Å²) in [7, 11) is 0. The quantitative estimate of drug-likeness (QED) is 0.775. The van der Waals surface area contributed by atoms with E-state index >= 15 is 4.39 Å². The second-order valence-corrected chi connectivity index (χ2v) is 7.16. The molecule has 0 aromatic carbocycles. The smallest absolute Gasteiger partial charge is 0.117 e. The molecule has 18 heavy (non-hydrogen) atoms. The molecule has 102 valence electrons.